The van der Waals surface area contributed by atoms with Crippen molar-refractivity contribution >= 4 is 51.7 Å². The van der Waals surface area contributed by atoms with Crippen LogP contribution in [0.5, 0.6) is 0 Å². The van der Waals surface area contributed by atoms with E-state index in [9.17, 15) is 10.1 Å². The number of thiazole rings is 1. The van der Waals surface area contributed by atoms with Crippen LogP contribution >= 0.6 is 34.5 Å². The highest BCUT2D eigenvalue weighted by Gasteiger charge is 2.14. The fraction of sp³-hybridized carbons (Fsp3) is 0.0417. The summed E-state index contributed by atoms with van der Waals surface area (Å²) in [5, 5.41) is 13.7. The molecule has 0 saturated carbocycles. The molecule has 0 bridgehead atoms. The topological polar surface area (TPSA) is 78.9 Å². The zero-order valence-corrected chi connectivity index (χ0v) is 18.8. The summed E-state index contributed by atoms with van der Waals surface area (Å²) >= 11 is 13.7. The van der Waals surface area contributed by atoms with Gasteiger partial charge < -0.3 is 4.42 Å². The van der Waals surface area contributed by atoms with Gasteiger partial charge in [-0.1, -0.05) is 53.5 Å². The van der Waals surface area contributed by atoms with Gasteiger partial charge in [0.15, 0.2) is 5.13 Å². The Labute approximate surface area is 198 Å². The Morgan fingerprint density at radius 1 is 1.09 bits per heavy atom. The van der Waals surface area contributed by atoms with Crippen LogP contribution in [0.25, 0.3) is 17.4 Å². The van der Waals surface area contributed by atoms with Gasteiger partial charge in [0.1, 0.15) is 23.2 Å². The van der Waals surface area contributed by atoms with Crippen LogP contribution in [0.1, 0.15) is 16.2 Å². The maximum absolute atomic E-state index is 12.6. The zero-order chi connectivity index (χ0) is 22.5. The van der Waals surface area contributed by atoms with Crippen LogP contribution in [0.4, 0.5) is 5.13 Å². The maximum atomic E-state index is 12.6. The van der Waals surface area contributed by atoms with Gasteiger partial charge in [-0.25, -0.2) is 4.98 Å². The number of anilines is 1. The Balaban J connectivity index is 1.47. The average Bonchev–Trinajstić information content (AvgIpc) is 3.43. The van der Waals surface area contributed by atoms with E-state index in [2.05, 4.69) is 10.3 Å². The van der Waals surface area contributed by atoms with E-state index in [0.717, 1.165) is 16.0 Å². The minimum Gasteiger partial charge on any atom is -0.457 e. The minimum atomic E-state index is -0.568. The highest BCUT2D eigenvalue weighted by atomic mass is 35.5. The number of carbonyl (C=O) groups is 1. The molecule has 0 unspecified atom stereocenters. The molecule has 2 aromatic carbocycles. The van der Waals surface area contributed by atoms with Crippen molar-refractivity contribution < 1.29 is 9.21 Å². The molecule has 0 fully saturated rings. The Morgan fingerprint density at radius 2 is 1.84 bits per heavy atom. The SMILES string of the molecule is N#CC(=Cc1ccc(-c2ccccc2Cl)o1)C(=O)Nc1ncc(Cc2ccccc2Cl)s1. The Kier molecular flexibility index (Phi) is 6.72. The highest BCUT2D eigenvalue weighted by molar-refractivity contribution is 7.15. The summed E-state index contributed by atoms with van der Waals surface area (Å²) in [4.78, 5) is 17.7. The lowest BCUT2D eigenvalue weighted by Gasteiger charge is -2.01. The molecule has 2 heterocycles. The predicted octanol–water partition coefficient (Wildman–Crippen LogP) is 6.85. The fourth-order valence-electron chi connectivity index (χ4n) is 2.97. The number of amides is 1. The summed E-state index contributed by atoms with van der Waals surface area (Å²) < 4.78 is 5.75. The first-order valence-corrected chi connectivity index (χ1v) is 11.1. The van der Waals surface area contributed by atoms with E-state index >= 15 is 0 Å². The van der Waals surface area contributed by atoms with Crippen molar-refractivity contribution in [1.29, 1.82) is 5.26 Å². The van der Waals surface area contributed by atoms with Crippen LogP contribution < -0.4 is 5.32 Å². The van der Waals surface area contributed by atoms with Gasteiger partial charge in [-0.3, -0.25) is 10.1 Å². The summed E-state index contributed by atoms with van der Waals surface area (Å²) in [7, 11) is 0. The molecule has 32 heavy (non-hydrogen) atoms. The van der Waals surface area contributed by atoms with Gasteiger partial charge in [-0.05, 0) is 35.9 Å². The van der Waals surface area contributed by atoms with E-state index in [4.69, 9.17) is 27.6 Å². The second kappa shape index (κ2) is 9.84. The van der Waals surface area contributed by atoms with Crippen molar-refractivity contribution in [2.75, 3.05) is 5.32 Å². The largest absolute Gasteiger partial charge is 0.457 e. The monoisotopic (exact) mass is 479 g/mol. The molecule has 0 aliphatic heterocycles. The van der Waals surface area contributed by atoms with Gasteiger partial charge in [0.2, 0.25) is 0 Å². The summed E-state index contributed by atoms with van der Waals surface area (Å²) in [6.45, 7) is 0. The number of carbonyl (C=O) groups excluding carboxylic acids is 1. The number of nitriles is 1. The van der Waals surface area contributed by atoms with E-state index < -0.39 is 5.91 Å². The van der Waals surface area contributed by atoms with Crippen LogP contribution in [0, 0.1) is 11.3 Å². The molecule has 4 aromatic rings. The average molecular weight is 480 g/mol. The normalized spacial score (nSPS) is 11.2. The number of nitrogens with one attached hydrogen (secondary N) is 1. The smallest absolute Gasteiger partial charge is 0.268 e. The number of hydrogen-bond acceptors (Lipinski definition) is 5. The summed E-state index contributed by atoms with van der Waals surface area (Å²) in [6.07, 6.45) is 3.67. The van der Waals surface area contributed by atoms with E-state index in [1.54, 1.807) is 24.4 Å². The van der Waals surface area contributed by atoms with Crippen molar-refractivity contribution in [1.82, 2.24) is 4.98 Å². The van der Waals surface area contributed by atoms with Crippen LogP contribution in [-0.4, -0.2) is 10.9 Å². The fourth-order valence-corrected chi connectivity index (χ4v) is 4.23. The lowest BCUT2D eigenvalue weighted by molar-refractivity contribution is -0.112. The number of halogens is 2. The summed E-state index contributed by atoms with van der Waals surface area (Å²) in [6, 6.07) is 20.1. The molecule has 0 aliphatic carbocycles. The number of aromatic nitrogens is 1. The minimum absolute atomic E-state index is 0.104. The van der Waals surface area contributed by atoms with Crippen molar-refractivity contribution in [3.05, 3.63) is 98.7 Å². The summed E-state index contributed by atoms with van der Waals surface area (Å²) in [5.74, 6) is 0.343. The third-order valence-corrected chi connectivity index (χ3v) is 6.13. The van der Waals surface area contributed by atoms with Crippen molar-refractivity contribution in [3.8, 4) is 17.4 Å². The number of furan rings is 1. The quantitative estimate of drug-likeness (QED) is 0.242. The van der Waals surface area contributed by atoms with Gasteiger partial charge in [0, 0.05) is 34.2 Å². The highest BCUT2D eigenvalue weighted by Crippen LogP contribution is 2.30. The molecule has 0 atom stereocenters. The molecule has 2 aromatic heterocycles. The molecule has 0 aliphatic rings. The Bertz CT molecular complexity index is 1350. The van der Waals surface area contributed by atoms with Crippen molar-refractivity contribution in [2.24, 2.45) is 0 Å². The van der Waals surface area contributed by atoms with Crippen LogP contribution in [-0.2, 0) is 11.2 Å². The molecule has 1 amide bonds. The van der Waals surface area contributed by atoms with E-state index in [0.29, 0.717) is 33.1 Å². The van der Waals surface area contributed by atoms with Gasteiger partial charge >= 0.3 is 0 Å². The molecule has 8 heteroatoms. The molecule has 0 spiro atoms. The first kappa shape index (κ1) is 21.8. The van der Waals surface area contributed by atoms with Gasteiger partial charge in [-0.2, -0.15) is 5.26 Å². The molecule has 0 radical (unpaired) electrons. The third kappa shape index (κ3) is 5.09. The number of benzene rings is 2. The second-order valence-corrected chi connectivity index (χ2v) is 8.64. The van der Waals surface area contributed by atoms with Crippen LogP contribution in [0.2, 0.25) is 10.0 Å². The molecular weight excluding hydrogens is 465 g/mol. The number of rotatable bonds is 6. The lowest BCUT2D eigenvalue weighted by Crippen LogP contribution is -2.13. The standard InChI is InChI=1S/C24H15Cl2N3O2S/c25-20-7-3-1-5-15(20)12-18-14-28-24(32-18)29-23(30)16(13-27)11-17-9-10-22(31-17)19-6-2-4-8-21(19)26/h1-11,14H,12H2,(H,28,29,30). The van der Waals surface area contributed by atoms with E-state index in [1.807, 2.05) is 48.5 Å². The van der Waals surface area contributed by atoms with E-state index in [1.165, 1.54) is 17.4 Å². The third-order valence-electron chi connectivity index (χ3n) is 4.51. The van der Waals surface area contributed by atoms with Crippen molar-refractivity contribution in [3.63, 3.8) is 0 Å². The van der Waals surface area contributed by atoms with Gasteiger partial charge in [0.25, 0.3) is 5.91 Å². The van der Waals surface area contributed by atoms with Gasteiger partial charge in [0.05, 0.1) is 5.02 Å². The maximum Gasteiger partial charge on any atom is 0.268 e. The lowest BCUT2D eigenvalue weighted by atomic mass is 10.1. The molecule has 5 nitrogen and oxygen atoms in total. The zero-order valence-electron chi connectivity index (χ0n) is 16.5. The second-order valence-electron chi connectivity index (χ2n) is 6.71. The first-order valence-electron chi connectivity index (χ1n) is 9.49. The first-order chi connectivity index (χ1) is 15.5. The number of nitrogens with zero attached hydrogens (tertiary/aromatic N) is 2. The molecular formula is C24H15Cl2N3O2S. The molecule has 1 N–H and O–H groups in total. The Hall–Kier alpha value is -3.37. The van der Waals surface area contributed by atoms with Gasteiger partial charge in [-0.15, -0.1) is 11.3 Å². The molecule has 158 valence electrons. The van der Waals surface area contributed by atoms with Crippen LogP contribution in [0.15, 0.2) is 76.9 Å². The summed E-state index contributed by atoms with van der Waals surface area (Å²) in [5.41, 5.74) is 1.60. The van der Waals surface area contributed by atoms with Crippen LogP contribution in [0.3, 0.4) is 0 Å². The Morgan fingerprint density at radius 3 is 2.59 bits per heavy atom. The number of hydrogen-bond donors (Lipinski definition) is 1. The van der Waals surface area contributed by atoms with E-state index in [-0.39, 0.29) is 5.57 Å². The molecule has 4 rings (SSSR count). The molecule has 0 saturated heterocycles. The van der Waals surface area contributed by atoms with Crippen molar-refractivity contribution in [2.45, 2.75) is 6.42 Å². The predicted molar refractivity (Wildman–Crippen MR) is 128 cm³/mol.